The average molecular weight is 367 g/mol. The molecule has 0 spiro atoms. The van der Waals surface area contributed by atoms with Crippen molar-refractivity contribution in [2.45, 2.75) is 32.6 Å². The molecule has 5 nitrogen and oxygen atoms in total. The number of carbonyl (C=O) groups is 1. The first-order valence-corrected chi connectivity index (χ1v) is 9.14. The van der Waals surface area contributed by atoms with Crippen molar-refractivity contribution in [3.63, 3.8) is 0 Å². The van der Waals surface area contributed by atoms with Crippen LogP contribution in [0.3, 0.4) is 0 Å². The highest BCUT2D eigenvalue weighted by molar-refractivity contribution is 7.92. The predicted octanol–water partition coefficient (Wildman–Crippen LogP) is 4.02. The van der Waals surface area contributed by atoms with Crippen molar-refractivity contribution in [1.82, 2.24) is 0 Å². The molecule has 0 aliphatic rings. The summed E-state index contributed by atoms with van der Waals surface area (Å²) in [6, 6.07) is 8.25. The van der Waals surface area contributed by atoms with Crippen LogP contribution in [-0.4, -0.2) is 14.3 Å². The van der Waals surface area contributed by atoms with E-state index in [9.17, 15) is 13.2 Å². The van der Waals surface area contributed by atoms with Gasteiger partial charge in [-0.15, -0.1) is 0 Å². The molecule has 24 heavy (non-hydrogen) atoms. The van der Waals surface area contributed by atoms with Gasteiger partial charge in [-0.25, -0.2) is 8.42 Å². The summed E-state index contributed by atoms with van der Waals surface area (Å²) in [5.74, 6) is -0.211. The van der Waals surface area contributed by atoms with Gasteiger partial charge in [0.05, 0.1) is 10.6 Å². The first-order valence-electron chi connectivity index (χ1n) is 7.28. The van der Waals surface area contributed by atoms with Crippen molar-refractivity contribution in [2.24, 2.45) is 0 Å². The molecule has 0 aliphatic carbocycles. The number of benzene rings is 2. The third-order valence-corrected chi connectivity index (χ3v) is 5.57. The monoisotopic (exact) mass is 366 g/mol. The molecule has 2 rings (SSSR count). The van der Waals surface area contributed by atoms with E-state index >= 15 is 0 Å². The van der Waals surface area contributed by atoms with Crippen LogP contribution < -0.4 is 10.0 Å². The highest BCUT2D eigenvalue weighted by Crippen LogP contribution is 2.28. The smallest absolute Gasteiger partial charge is 0.262 e. The summed E-state index contributed by atoms with van der Waals surface area (Å²) in [6.07, 6.45) is 0. The minimum atomic E-state index is -3.77. The third kappa shape index (κ3) is 4.07. The van der Waals surface area contributed by atoms with Crippen LogP contribution in [0.2, 0.25) is 5.02 Å². The molecule has 0 aromatic heterocycles. The van der Waals surface area contributed by atoms with Crippen molar-refractivity contribution in [1.29, 1.82) is 0 Å². The van der Waals surface area contributed by atoms with Crippen LogP contribution in [0.5, 0.6) is 0 Å². The van der Waals surface area contributed by atoms with Gasteiger partial charge in [-0.3, -0.25) is 9.52 Å². The number of halogens is 1. The van der Waals surface area contributed by atoms with Crippen molar-refractivity contribution in [3.05, 3.63) is 52.0 Å². The molecule has 0 aliphatic heterocycles. The number of hydrogen-bond donors (Lipinski definition) is 2. The Balaban J connectivity index is 2.41. The van der Waals surface area contributed by atoms with E-state index < -0.39 is 10.0 Å². The molecule has 1 amide bonds. The molecule has 0 bridgehead atoms. The van der Waals surface area contributed by atoms with Gasteiger partial charge in [-0.05, 0) is 61.7 Å². The lowest BCUT2D eigenvalue weighted by Crippen LogP contribution is -2.16. The summed E-state index contributed by atoms with van der Waals surface area (Å²) >= 11 is 6.05. The Labute approximate surface area is 147 Å². The Morgan fingerprint density at radius 1 is 0.958 bits per heavy atom. The summed E-state index contributed by atoms with van der Waals surface area (Å²) in [5.41, 5.74) is 2.92. The second kappa shape index (κ2) is 6.83. The second-order valence-corrected chi connectivity index (χ2v) is 7.72. The quantitative estimate of drug-likeness (QED) is 0.857. The topological polar surface area (TPSA) is 75.3 Å². The molecule has 0 atom stereocenters. The molecule has 2 aromatic carbocycles. The van der Waals surface area contributed by atoms with Crippen LogP contribution in [0, 0.1) is 20.8 Å². The fourth-order valence-corrected chi connectivity index (χ4v) is 4.20. The van der Waals surface area contributed by atoms with E-state index in [1.54, 1.807) is 44.2 Å². The number of hydrogen-bond acceptors (Lipinski definition) is 3. The van der Waals surface area contributed by atoms with E-state index in [0.717, 1.165) is 5.56 Å². The van der Waals surface area contributed by atoms with Gasteiger partial charge < -0.3 is 5.32 Å². The molecule has 0 saturated carbocycles. The maximum atomic E-state index is 12.7. The van der Waals surface area contributed by atoms with Gasteiger partial charge in [0.15, 0.2) is 0 Å². The van der Waals surface area contributed by atoms with Gasteiger partial charge in [-0.1, -0.05) is 17.7 Å². The van der Waals surface area contributed by atoms with Gasteiger partial charge in [0.1, 0.15) is 0 Å². The number of nitrogens with one attached hydrogen (secondary N) is 2. The molecule has 0 saturated heterocycles. The molecule has 7 heteroatoms. The Kier molecular flexibility index (Phi) is 5.20. The van der Waals surface area contributed by atoms with E-state index in [2.05, 4.69) is 10.0 Å². The Hall–Kier alpha value is -2.05. The number of sulfonamides is 1. The minimum absolute atomic E-state index is 0.188. The summed E-state index contributed by atoms with van der Waals surface area (Å²) in [7, 11) is -3.77. The number of amides is 1. The van der Waals surface area contributed by atoms with Gasteiger partial charge in [0.2, 0.25) is 5.91 Å². The van der Waals surface area contributed by atoms with Crippen molar-refractivity contribution >= 4 is 38.9 Å². The van der Waals surface area contributed by atoms with Gasteiger partial charge in [0, 0.05) is 17.6 Å². The van der Waals surface area contributed by atoms with Crippen LogP contribution in [0.1, 0.15) is 23.6 Å². The Bertz CT molecular complexity index is 885. The maximum Gasteiger partial charge on any atom is 0.262 e. The van der Waals surface area contributed by atoms with Crippen LogP contribution in [0.4, 0.5) is 11.4 Å². The summed E-state index contributed by atoms with van der Waals surface area (Å²) < 4.78 is 28.0. The SMILES string of the molecule is CC(=O)Nc1cc(C)c(S(=O)(=O)Nc2ccc(C)c(Cl)c2)c(C)c1. The van der Waals surface area contributed by atoms with Gasteiger partial charge >= 0.3 is 0 Å². The molecular weight excluding hydrogens is 348 g/mol. The van der Waals surface area contributed by atoms with Crippen molar-refractivity contribution in [3.8, 4) is 0 Å². The molecule has 0 radical (unpaired) electrons. The standard InChI is InChI=1S/C17H19ClN2O3S/c1-10-5-6-14(9-16(10)18)20-24(22,23)17-11(2)7-15(8-12(17)3)19-13(4)21/h5-9,20H,1-4H3,(H,19,21). The molecule has 0 fully saturated rings. The molecular formula is C17H19ClN2O3S. The Morgan fingerprint density at radius 3 is 2.04 bits per heavy atom. The van der Waals surface area contributed by atoms with E-state index in [0.29, 0.717) is 27.5 Å². The predicted molar refractivity (Wildman–Crippen MR) is 97.2 cm³/mol. The highest BCUT2D eigenvalue weighted by Gasteiger charge is 2.21. The first kappa shape index (κ1) is 18.3. The minimum Gasteiger partial charge on any atom is -0.326 e. The number of aryl methyl sites for hydroxylation is 3. The van der Waals surface area contributed by atoms with Crippen LogP contribution in [0.25, 0.3) is 0 Å². The third-order valence-electron chi connectivity index (χ3n) is 3.47. The normalized spacial score (nSPS) is 11.2. The van der Waals surface area contributed by atoms with Crippen LogP contribution in [0.15, 0.2) is 35.2 Å². The second-order valence-electron chi connectivity index (χ2n) is 5.69. The average Bonchev–Trinajstić information content (AvgIpc) is 2.40. The fourth-order valence-electron chi connectivity index (χ4n) is 2.51. The molecule has 0 heterocycles. The molecule has 0 unspecified atom stereocenters. The maximum absolute atomic E-state index is 12.7. The lowest BCUT2D eigenvalue weighted by molar-refractivity contribution is -0.114. The first-order chi connectivity index (χ1) is 11.1. The van der Waals surface area contributed by atoms with Gasteiger partial charge in [-0.2, -0.15) is 0 Å². The zero-order valence-electron chi connectivity index (χ0n) is 13.9. The van der Waals surface area contributed by atoms with Crippen LogP contribution >= 0.6 is 11.6 Å². The Morgan fingerprint density at radius 2 is 1.54 bits per heavy atom. The number of carbonyl (C=O) groups excluding carboxylic acids is 1. The fraction of sp³-hybridized carbons (Fsp3) is 0.235. The van der Waals surface area contributed by atoms with Gasteiger partial charge in [0.25, 0.3) is 10.0 Å². The van der Waals surface area contributed by atoms with E-state index in [1.807, 2.05) is 6.92 Å². The van der Waals surface area contributed by atoms with Crippen molar-refractivity contribution < 1.29 is 13.2 Å². The zero-order chi connectivity index (χ0) is 18.1. The summed E-state index contributed by atoms with van der Waals surface area (Å²) in [6.45, 7) is 6.62. The molecule has 2 aromatic rings. The highest BCUT2D eigenvalue weighted by atomic mass is 35.5. The van der Waals surface area contributed by atoms with E-state index in [1.165, 1.54) is 6.92 Å². The summed E-state index contributed by atoms with van der Waals surface area (Å²) in [5, 5.41) is 3.15. The summed E-state index contributed by atoms with van der Waals surface area (Å²) in [4.78, 5) is 11.4. The lowest BCUT2D eigenvalue weighted by Gasteiger charge is -2.15. The molecule has 128 valence electrons. The van der Waals surface area contributed by atoms with Crippen molar-refractivity contribution in [2.75, 3.05) is 10.0 Å². The lowest BCUT2D eigenvalue weighted by atomic mass is 10.1. The largest absolute Gasteiger partial charge is 0.326 e. The number of rotatable bonds is 4. The van der Waals surface area contributed by atoms with E-state index in [-0.39, 0.29) is 10.8 Å². The van der Waals surface area contributed by atoms with E-state index in [4.69, 9.17) is 11.6 Å². The zero-order valence-corrected chi connectivity index (χ0v) is 15.5. The number of anilines is 2. The van der Waals surface area contributed by atoms with Crippen LogP contribution in [-0.2, 0) is 14.8 Å². The molecule has 2 N–H and O–H groups in total.